The summed E-state index contributed by atoms with van der Waals surface area (Å²) in [5.41, 5.74) is 5.87. The Balaban J connectivity index is 2.07. The zero-order valence-electron chi connectivity index (χ0n) is 9.39. The van der Waals surface area contributed by atoms with Crippen LogP contribution in [0.4, 0.5) is 14.7 Å². The van der Waals surface area contributed by atoms with Crippen molar-refractivity contribution in [1.82, 2.24) is 20.2 Å². The number of nitrogens with two attached hydrogens (primary N) is 1. The molecule has 3 rings (SSSR count). The van der Waals surface area contributed by atoms with Crippen LogP contribution in [0.25, 0.3) is 11.0 Å². The number of benzene rings is 1. The van der Waals surface area contributed by atoms with Gasteiger partial charge < -0.3 is 10.5 Å². The van der Waals surface area contributed by atoms with Gasteiger partial charge in [-0.25, -0.2) is 8.78 Å². The summed E-state index contributed by atoms with van der Waals surface area (Å²) in [7, 11) is 0. The molecule has 3 N–H and O–H groups in total. The lowest BCUT2D eigenvalue weighted by Crippen LogP contribution is -1.98. The largest absolute Gasteiger partial charge is 0.438 e. The van der Waals surface area contributed by atoms with Crippen molar-refractivity contribution in [2.24, 2.45) is 0 Å². The number of anilines is 1. The van der Waals surface area contributed by atoms with Crippen LogP contribution in [0.3, 0.4) is 0 Å². The van der Waals surface area contributed by atoms with Crippen molar-refractivity contribution in [2.45, 2.75) is 0 Å². The summed E-state index contributed by atoms with van der Waals surface area (Å²) < 4.78 is 31.5. The topological polar surface area (TPSA) is 89.7 Å². The summed E-state index contributed by atoms with van der Waals surface area (Å²) in [6.07, 6.45) is 1.43. The molecule has 0 bridgehead atoms. The molecule has 0 amide bonds. The van der Waals surface area contributed by atoms with Crippen LogP contribution in [-0.4, -0.2) is 20.2 Å². The molecule has 0 saturated heterocycles. The van der Waals surface area contributed by atoms with E-state index in [2.05, 4.69) is 20.2 Å². The highest BCUT2D eigenvalue weighted by atomic mass is 19.1. The number of nitrogens with zero attached hydrogens (tertiary/aromatic N) is 3. The zero-order valence-corrected chi connectivity index (χ0v) is 9.39. The van der Waals surface area contributed by atoms with Gasteiger partial charge in [0.15, 0.2) is 5.65 Å². The SMILES string of the molecule is Nc1nc(Oc2cc(F)cc(F)c2)c2cn[nH]c2n1. The van der Waals surface area contributed by atoms with E-state index in [9.17, 15) is 8.78 Å². The summed E-state index contributed by atoms with van der Waals surface area (Å²) >= 11 is 0. The van der Waals surface area contributed by atoms with E-state index in [1.54, 1.807) is 0 Å². The Morgan fingerprint density at radius 2 is 1.84 bits per heavy atom. The van der Waals surface area contributed by atoms with Crippen LogP contribution in [0.1, 0.15) is 0 Å². The van der Waals surface area contributed by atoms with E-state index in [1.165, 1.54) is 6.20 Å². The van der Waals surface area contributed by atoms with Gasteiger partial charge in [0.1, 0.15) is 22.8 Å². The van der Waals surface area contributed by atoms with E-state index in [0.29, 0.717) is 11.0 Å². The number of hydrogen-bond donors (Lipinski definition) is 2. The summed E-state index contributed by atoms with van der Waals surface area (Å²) in [4.78, 5) is 7.76. The molecule has 0 aliphatic heterocycles. The molecule has 0 unspecified atom stereocenters. The maximum atomic E-state index is 13.1. The fourth-order valence-corrected chi connectivity index (χ4v) is 1.60. The first-order chi connectivity index (χ1) is 9.11. The molecular weight excluding hydrogens is 256 g/mol. The molecule has 0 radical (unpaired) electrons. The highest BCUT2D eigenvalue weighted by Crippen LogP contribution is 2.27. The number of hydrogen-bond acceptors (Lipinski definition) is 5. The maximum absolute atomic E-state index is 13.1. The molecule has 0 saturated carbocycles. The van der Waals surface area contributed by atoms with Crippen LogP contribution in [-0.2, 0) is 0 Å². The standard InChI is InChI=1S/C11H7F2N5O/c12-5-1-6(13)3-7(2-5)19-10-8-4-15-18-9(8)16-11(14)17-10/h1-4H,(H3,14,15,16,17,18). The lowest BCUT2D eigenvalue weighted by Gasteiger charge is -2.06. The first kappa shape index (κ1) is 11.3. The van der Waals surface area contributed by atoms with Crippen molar-refractivity contribution in [3.8, 4) is 11.6 Å². The van der Waals surface area contributed by atoms with Crippen LogP contribution in [0.2, 0.25) is 0 Å². The minimum atomic E-state index is -0.750. The number of nitrogen functional groups attached to an aromatic ring is 1. The van der Waals surface area contributed by atoms with Gasteiger partial charge in [0, 0.05) is 18.2 Å². The van der Waals surface area contributed by atoms with E-state index in [4.69, 9.17) is 10.5 Å². The van der Waals surface area contributed by atoms with Crippen LogP contribution in [0.15, 0.2) is 24.4 Å². The number of nitrogens with one attached hydrogen (secondary N) is 1. The van der Waals surface area contributed by atoms with Crippen LogP contribution in [0, 0.1) is 11.6 Å². The Kier molecular flexibility index (Phi) is 2.48. The number of halogens is 2. The molecule has 0 spiro atoms. The average Bonchev–Trinajstić information content (AvgIpc) is 2.75. The van der Waals surface area contributed by atoms with Gasteiger partial charge in [0.2, 0.25) is 11.8 Å². The average molecular weight is 263 g/mol. The molecule has 0 aliphatic rings. The Bertz CT molecular complexity index is 738. The Hall–Kier alpha value is -2.77. The summed E-state index contributed by atoms with van der Waals surface area (Å²) in [5, 5.41) is 6.83. The minimum absolute atomic E-state index is 0.0295. The van der Waals surface area contributed by atoms with Crippen LogP contribution >= 0.6 is 0 Å². The summed E-state index contributed by atoms with van der Waals surface area (Å²) in [6.45, 7) is 0. The highest BCUT2D eigenvalue weighted by molar-refractivity contribution is 5.80. The maximum Gasteiger partial charge on any atom is 0.235 e. The van der Waals surface area contributed by atoms with Gasteiger partial charge in [-0.1, -0.05) is 0 Å². The highest BCUT2D eigenvalue weighted by Gasteiger charge is 2.11. The number of fused-ring (bicyclic) bond motifs is 1. The summed E-state index contributed by atoms with van der Waals surface area (Å²) in [5.74, 6) is -1.50. The fraction of sp³-hybridized carbons (Fsp3) is 0. The molecule has 19 heavy (non-hydrogen) atoms. The molecule has 2 heterocycles. The first-order valence-corrected chi connectivity index (χ1v) is 5.22. The van der Waals surface area contributed by atoms with Gasteiger partial charge in [-0.15, -0.1) is 0 Å². The smallest absolute Gasteiger partial charge is 0.235 e. The second-order valence-corrected chi connectivity index (χ2v) is 3.73. The second kappa shape index (κ2) is 4.16. The molecule has 8 heteroatoms. The van der Waals surface area contributed by atoms with Crippen molar-refractivity contribution in [2.75, 3.05) is 5.73 Å². The Morgan fingerprint density at radius 1 is 1.11 bits per heavy atom. The molecule has 0 aliphatic carbocycles. The molecule has 1 aromatic carbocycles. The normalized spacial score (nSPS) is 10.8. The third-order valence-corrected chi connectivity index (χ3v) is 2.34. The van der Waals surface area contributed by atoms with Crippen molar-refractivity contribution < 1.29 is 13.5 Å². The van der Waals surface area contributed by atoms with Gasteiger partial charge in [0.25, 0.3) is 0 Å². The molecule has 2 aromatic heterocycles. The number of ether oxygens (including phenoxy) is 1. The fourth-order valence-electron chi connectivity index (χ4n) is 1.60. The monoisotopic (exact) mass is 263 g/mol. The predicted molar refractivity (Wildman–Crippen MR) is 62.5 cm³/mol. The lowest BCUT2D eigenvalue weighted by atomic mass is 10.3. The number of aromatic amines is 1. The first-order valence-electron chi connectivity index (χ1n) is 5.22. The van der Waals surface area contributed by atoms with E-state index < -0.39 is 11.6 Å². The Morgan fingerprint density at radius 3 is 2.58 bits per heavy atom. The molecule has 96 valence electrons. The zero-order chi connectivity index (χ0) is 13.4. The van der Waals surface area contributed by atoms with Crippen molar-refractivity contribution in [3.05, 3.63) is 36.0 Å². The summed E-state index contributed by atoms with van der Waals surface area (Å²) in [6, 6.07) is 2.81. The van der Waals surface area contributed by atoms with Crippen LogP contribution in [0.5, 0.6) is 11.6 Å². The van der Waals surface area contributed by atoms with E-state index in [-0.39, 0.29) is 17.6 Å². The van der Waals surface area contributed by atoms with Crippen LogP contribution < -0.4 is 10.5 Å². The number of rotatable bonds is 2. The third kappa shape index (κ3) is 2.15. The van der Waals surface area contributed by atoms with Crippen molar-refractivity contribution in [1.29, 1.82) is 0 Å². The molecule has 3 aromatic rings. The van der Waals surface area contributed by atoms with Gasteiger partial charge in [0.05, 0.1) is 6.20 Å². The minimum Gasteiger partial charge on any atom is -0.438 e. The third-order valence-electron chi connectivity index (χ3n) is 2.34. The van der Waals surface area contributed by atoms with Crippen molar-refractivity contribution >= 4 is 17.0 Å². The van der Waals surface area contributed by atoms with Crippen molar-refractivity contribution in [3.63, 3.8) is 0 Å². The predicted octanol–water partition coefficient (Wildman–Crippen LogP) is 2.01. The van der Waals surface area contributed by atoms with Gasteiger partial charge in [-0.3, -0.25) is 5.10 Å². The number of H-pyrrole nitrogens is 1. The molecule has 0 fully saturated rings. The molecule has 6 nitrogen and oxygen atoms in total. The lowest BCUT2D eigenvalue weighted by molar-refractivity contribution is 0.457. The molecular formula is C11H7F2N5O. The van der Waals surface area contributed by atoms with E-state index >= 15 is 0 Å². The van der Waals surface area contributed by atoms with E-state index in [0.717, 1.165) is 18.2 Å². The molecule has 0 atom stereocenters. The Labute approximate surface area is 105 Å². The second-order valence-electron chi connectivity index (χ2n) is 3.73. The van der Waals surface area contributed by atoms with Gasteiger partial charge in [-0.05, 0) is 0 Å². The van der Waals surface area contributed by atoms with E-state index in [1.807, 2.05) is 0 Å². The van der Waals surface area contributed by atoms with Gasteiger partial charge in [-0.2, -0.15) is 15.1 Å². The van der Waals surface area contributed by atoms with Gasteiger partial charge >= 0.3 is 0 Å². The quantitative estimate of drug-likeness (QED) is 0.738. The number of aromatic nitrogens is 4.